The first kappa shape index (κ1) is 21.9. The summed E-state index contributed by atoms with van der Waals surface area (Å²) in [7, 11) is -3.95. The number of rotatable bonds is 9. The molecule has 2 rings (SSSR count). The van der Waals surface area contributed by atoms with Crippen molar-refractivity contribution < 1.29 is 28.2 Å². The Morgan fingerprint density at radius 3 is 2.54 bits per heavy atom. The molecule has 8 nitrogen and oxygen atoms in total. The van der Waals surface area contributed by atoms with Gasteiger partial charge in [0.2, 0.25) is 5.88 Å². The molecule has 0 aromatic heterocycles. The molecule has 1 aliphatic heterocycles. The van der Waals surface area contributed by atoms with E-state index in [-0.39, 0.29) is 17.4 Å². The fourth-order valence-electron chi connectivity index (χ4n) is 2.99. The van der Waals surface area contributed by atoms with Gasteiger partial charge in [0.05, 0.1) is 18.2 Å². The third-order valence-electron chi connectivity index (χ3n) is 4.60. The molecule has 156 valence electrons. The number of nitrogens with zero attached hydrogens (tertiary/aromatic N) is 1. The molecule has 0 bridgehead atoms. The monoisotopic (exact) mass is 412 g/mol. The molecule has 1 heterocycles. The summed E-state index contributed by atoms with van der Waals surface area (Å²) >= 11 is 0. The van der Waals surface area contributed by atoms with Crippen LogP contribution in [0.1, 0.15) is 52.0 Å². The van der Waals surface area contributed by atoms with Crippen LogP contribution in [0.2, 0.25) is 0 Å². The summed E-state index contributed by atoms with van der Waals surface area (Å²) < 4.78 is 31.8. The number of benzene rings is 1. The number of anilines is 1. The van der Waals surface area contributed by atoms with Gasteiger partial charge < -0.3 is 14.9 Å². The highest BCUT2D eigenvalue weighted by molar-refractivity contribution is 7.91. The van der Waals surface area contributed by atoms with E-state index in [1.54, 1.807) is 19.1 Å². The van der Waals surface area contributed by atoms with E-state index in [2.05, 4.69) is 0 Å². The summed E-state index contributed by atoms with van der Waals surface area (Å²) in [6.07, 6.45) is 5.07. The maximum absolute atomic E-state index is 12.0. The number of carbonyl (C=O) groups excluding carboxylic acids is 1. The minimum atomic E-state index is -3.95. The summed E-state index contributed by atoms with van der Waals surface area (Å²) in [6, 6.07) is 4.76. The maximum Gasteiger partial charge on any atom is 0.330 e. The molecule has 9 heteroatoms. The smallest absolute Gasteiger partial charge is 0.330 e. The largest absolute Gasteiger partial charge is 0.506 e. The van der Waals surface area contributed by atoms with Crippen LogP contribution in [0.15, 0.2) is 30.3 Å². The van der Waals surface area contributed by atoms with Crippen molar-refractivity contribution in [2.75, 3.05) is 10.9 Å². The van der Waals surface area contributed by atoms with Crippen LogP contribution >= 0.6 is 0 Å². The fourth-order valence-corrected chi connectivity index (χ4v) is 4.05. The summed E-state index contributed by atoms with van der Waals surface area (Å²) in [4.78, 5) is 11.9. The van der Waals surface area contributed by atoms with Gasteiger partial charge in [-0.3, -0.25) is 4.79 Å². The summed E-state index contributed by atoms with van der Waals surface area (Å²) in [5.74, 6) is -0.889. The Labute approximate surface area is 166 Å². The molecule has 0 spiro atoms. The number of aliphatic hydroxyl groups is 1. The molecule has 1 aromatic rings. The van der Waals surface area contributed by atoms with Crippen LogP contribution in [0.3, 0.4) is 0 Å². The highest BCUT2D eigenvalue weighted by Crippen LogP contribution is 2.33. The lowest BCUT2D eigenvalue weighted by molar-refractivity contribution is -0.153. The lowest BCUT2D eigenvalue weighted by Crippen LogP contribution is -2.29. The van der Waals surface area contributed by atoms with Gasteiger partial charge in [-0.15, -0.1) is 0 Å². The van der Waals surface area contributed by atoms with Crippen LogP contribution < -0.4 is 9.03 Å². The van der Waals surface area contributed by atoms with Crippen molar-refractivity contribution in [1.82, 2.24) is 4.72 Å². The second kappa shape index (κ2) is 8.72. The minimum absolute atomic E-state index is 0.0810. The van der Waals surface area contributed by atoms with Crippen LogP contribution in [-0.2, 0) is 26.2 Å². The van der Waals surface area contributed by atoms with Crippen LogP contribution in [-0.4, -0.2) is 31.2 Å². The first-order chi connectivity index (χ1) is 13.1. The van der Waals surface area contributed by atoms with Crippen molar-refractivity contribution in [3.8, 4) is 5.75 Å². The average Bonchev–Trinajstić information content (AvgIpc) is 2.88. The molecule has 0 saturated carbocycles. The van der Waals surface area contributed by atoms with Crippen molar-refractivity contribution in [1.29, 1.82) is 0 Å². The van der Waals surface area contributed by atoms with Gasteiger partial charge in [0.25, 0.3) is 0 Å². The van der Waals surface area contributed by atoms with Crippen LogP contribution in [0.5, 0.6) is 5.75 Å². The second-order valence-corrected chi connectivity index (χ2v) is 8.95. The normalized spacial score (nSPS) is 15.8. The minimum Gasteiger partial charge on any atom is -0.506 e. The number of unbranched alkanes of at least 4 members (excludes halogenated alkanes) is 2. The second-order valence-electron chi connectivity index (χ2n) is 7.41. The Balaban J connectivity index is 1.92. The predicted octanol–water partition coefficient (Wildman–Crippen LogP) is 3.10. The molecule has 0 atom stereocenters. The average molecular weight is 413 g/mol. The Morgan fingerprint density at radius 2 is 1.93 bits per heavy atom. The van der Waals surface area contributed by atoms with E-state index in [4.69, 9.17) is 4.74 Å². The molecule has 28 heavy (non-hydrogen) atoms. The first-order valence-corrected chi connectivity index (χ1v) is 10.7. The molecule has 0 radical (unpaired) electrons. The standard InChI is InChI=1S/C19H28N2O6S/c1-4-27-18(24)19(2,3)11-7-5-6-8-14-9-10-16(22)15(12-14)21-13-17(23)20-28(21,25)26/h9-10,12-13,20,22-23H,4-8,11H2,1-3H3. The quantitative estimate of drug-likeness (QED) is 0.424. The summed E-state index contributed by atoms with van der Waals surface area (Å²) in [5.41, 5.74) is 0.442. The van der Waals surface area contributed by atoms with Gasteiger partial charge in [0, 0.05) is 0 Å². The van der Waals surface area contributed by atoms with Crippen molar-refractivity contribution in [2.45, 2.75) is 52.9 Å². The zero-order valence-corrected chi connectivity index (χ0v) is 17.3. The van der Waals surface area contributed by atoms with Crippen molar-refractivity contribution in [3.05, 3.63) is 35.8 Å². The molecule has 0 saturated heterocycles. The molecular formula is C19H28N2O6S. The fraction of sp³-hybridized carbons (Fsp3) is 0.526. The van der Waals surface area contributed by atoms with E-state index in [0.29, 0.717) is 13.0 Å². The van der Waals surface area contributed by atoms with E-state index in [9.17, 15) is 23.4 Å². The Morgan fingerprint density at radius 1 is 1.21 bits per heavy atom. The highest BCUT2D eigenvalue weighted by Gasteiger charge is 2.31. The van der Waals surface area contributed by atoms with E-state index in [0.717, 1.165) is 41.8 Å². The van der Waals surface area contributed by atoms with Crippen LogP contribution in [0.4, 0.5) is 5.69 Å². The number of aliphatic hydroxyl groups excluding tert-OH is 1. The molecule has 3 N–H and O–H groups in total. The van der Waals surface area contributed by atoms with Crippen LogP contribution in [0, 0.1) is 5.41 Å². The lowest BCUT2D eigenvalue weighted by Gasteiger charge is -2.22. The number of nitrogens with one attached hydrogen (secondary N) is 1. The zero-order chi connectivity index (χ0) is 20.9. The first-order valence-electron chi connectivity index (χ1n) is 9.29. The van der Waals surface area contributed by atoms with Gasteiger partial charge in [-0.25, -0.2) is 9.03 Å². The number of hydrogen-bond acceptors (Lipinski definition) is 6. The Bertz CT molecular complexity index is 848. The topological polar surface area (TPSA) is 116 Å². The summed E-state index contributed by atoms with van der Waals surface area (Å²) in [5, 5.41) is 19.4. The van der Waals surface area contributed by atoms with Crippen molar-refractivity contribution >= 4 is 21.9 Å². The molecule has 0 aliphatic carbocycles. The number of phenolic OH excluding ortho intramolecular Hbond substituents is 1. The number of aromatic hydroxyl groups is 1. The van der Waals surface area contributed by atoms with E-state index < -0.39 is 21.5 Å². The van der Waals surface area contributed by atoms with Gasteiger partial charge in [-0.05, 0) is 57.7 Å². The molecule has 0 fully saturated rings. The third kappa shape index (κ3) is 5.31. The van der Waals surface area contributed by atoms with Crippen molar-refractivity contribution in [2.24, 2.45) is 5.41 Å². The van der Waals surface area contributed by atoms with Gasteiger partial charge in [0.15, 0.2) is 0 Å². The van der Waals surface area contributed by atoms with Gasteiger partial charge >= 0.3 is 16.2 Å². The Kier molecular flexibility index (Phi) is 6.82. The maximum atomic E-state index is 12.0. The molecule has 0 unspecified atom stereocenters. The number of hydrogen-bond donors (Lipinski definition) is 3. The number of esters is 1. The van der Waals surface area contributed by atoms with E-state index in [1.807, 2.05) is 18.6 Å². The van der Waals surface area contributed by atoms with Crippen LogP contribution in [0.25, 0.3) is 0 Å². The molecular weight excluding hydrogens is 384 g/mol. The molecule has 1 aromatic carbocycles. The summed E-state index contributed by atoms with van der Waals surface area (Å²) in [6.45, 7) is 5.93. The SMILES string of the molecule is CCOC(=O)C(C)(C)CCCCCc1ccc(O)c(N2C=C(O)NS2(=O)=O)c1. The van der Waals surface area contributed by atoms with Crippen molar-refractivity contribution in [3.63, 3.8) is 0 Å². The molecule has 1 aliphatic rings. The van der Waals surface area contributed by atoms with E-state index >= 15 is 0 Å². The van der Waals surface area contributed by atoms with Gasteiger partial charge in [-0.2, -0.15) is 8.42 Å². The number of phenols is 1. The predicted molar refractivity (Wildman–Crippen MR) is 106 cm³/mol. The number of aryl methyl sites for hydroxylation is 1. The third-order valence-corrected chi connectivity index (χ3v) is 5.89. The number of ether oxygens (including phenoxy) is 1. The van der Waals surface area contributed by atoms with E-state index in [1.165, 1.54) is 6.07 Å². The Hall–Kier alpha value is -2.42. The number of carbonyl (C=O) groups is 1. The highest BCUT2D eigenvalue weighted by atomic mass is 32.2. The zero-order valence-electron chi connectivity index (χ0n) is 16.4. The van der Waals surface area contributed by atoms with Gasteiger partial charge in [0.1, 0.15) is 11.4 Å². The van der Waals surface area contributed by atoms with Gasteiger partial charge in [-0.1, -0.05) is 18.9 Å². The molecule has 0 amide bonds. The lowest BCUT2D eigenvalue weighted by atomic mass is 9.87.